The van der Waals surface area contributed by atoms with Crippen molar-refractivity contribution in [3.8, 4) is 0 Å². The third-order valence-electron chi connectivity index (χ3n) is 6.06. The first kappa shape index (κ1) is 38.7. The number of benzene rings is 2. The van der Waals surface area contributed by atoms with Gasteiger partial charge in [-0.3, -0.25) is 0 Å². The van der Waals surface area contributed by atoms with Gasteiger partial charge in [-0.25, -0.2) is 0 Å². The van der Waals surface area contributed by atoms with Crippen LogP contribution < -0.4 is 0 Å². The van der Waals surface area contributed by atoms with Crippen molar-refractivity contribution >= 4 is 233 Å². The summed E-state index contributed by atoms with van der Waals surface area (Å²) < 4.78 is 1.36. The van der Waals surface area contributed by atoms with Gasteiger partial charge in [-0.15, -0.1) is 23.2 Å². The van der Waals surface area contributed by atoms with E-state index in [1.165, 1.54) is 21.6 Å². The minimum Gasteiger partial charge on any atom is -0.114 e. The van der Waals surface area contributed by atoms with Crippen molar-refractivity contribution in [1.82, 2.24) is 0 Å². The van der Waals surface area contributed by atoms with Crippen LogP contribution in [0, 0.1) is 0 Å². The minimum absolute atomic E-state index is 0.0295. The van der Waals surface area contributed by atoms with Gasteiger partial charge in [0.15, 0.2) is 0 Å². The maximum absolute atomic E-state index is 7.18. The van der Waals surface area contributed by atoms with Crippen molar-refractivity contribution in [3.05, 3.63) is 102 Å². The average molecular weight is 1190 g/mol. The van der Waals surface area contributed by atoms with E-state index in [0.717, 1.165) is 8.95 Å². The summed E-state index contributed by atoms with van der Waals surface area (Å²) in [6, 6.07) is 7.37. The highest BCUT2D eigenvalue weighted by molar-refractivity contribution is 9.12. The molecule has 0 saturated carbocycles. The van der Waals surface area contributed by atoms with Crippen molar-refractivity contribution in [2.24, 2.45) is 0 Å². The summed E-state index contributed by atoms with van der Waals surface area (Å²) >= 11 is 90.2. The van der Waals surface area contributed by atoms with Crippen molar-refractivity contribution in [1.29, 1.82) is 0 Å². The molecule has 4 unspecified atom stereocenters. The fourth-order valence-electron chi connectivity index (χ4n) is 4.17. The summed E-state index contributed by atoms with van der Waals surface area (Å²) in [6.45, 7) is 0. The topological polar surface area (TPSA) is 0 Å². The third kappa shape index (κ3) is 6.56. The molecular formula is C24H6Br6Cl10S2. The van der Waals surface area contributed by atoms with E-state index in [9.17, 15) is 0 Å². The van der Waals surface area contributed by atoms with Gasteiger partial charge in [0.2, 0.25) is 0 Å². The zero-order valence-electron chi connectivity index (χ0n) is 19.3. The standard InChI is InChI=1S/C24H6Br6Cl10S2/c25-5-1-7(27)11(8(28)2-5)23(19(37)15(33)13(31)16(34)20(23)38)41-42-24(12-9(29)3-6(26)4-10(12)30)21(39)17(35)14(32)18(36)22(24)40/h1-4,19,21H. The van der Waals surface area contributed by atoms with E-state index in [4.69, 9.17) is 116 Å². The maximum atomic E-state index is 7.18. The highest BCUT2D eigenvalue weighted by Crippen LogP contribution is 2.71. The minimum atomic E-state index is -1.38. The Kier molecular flexibility index (Phi) is 13.8. The molecule has 0 aromatic heterocycles. The molecule has 4 atom stereocenters. The van der Waals surface area contributed by atoms with Gasteiger partial charge in [0.05, 0.1) is 51.0 Å². The van der Waals surface area contributed by atoms with Crippen LogP contribution in [0.15, 0.2) is 91.4 Å². The van der Waals surface area contributed by atoms with Crippen molar-refractivity contribution in [3.63, 3.8) is 0 Å². The smallest absolute Gasteiger partial charge is 0.112 e. The number of alkyl halides is 2. The van der Waals surface area contributed by atoms with E-state index < -0.39 is 20.2 Å². The SMILES string of the molecule is ClC1=C(Cl)C(Cl)C(SSC2(c3c(Br)cc(Br)cc3Br)C(Cl)=C(Cl)C(Cl)=C(Cl)C2Cl)(c2c(Br)cc(Br)cc2Br)C(Cl)=C1Cl. The Morgan fingerprint density at radius 2 is 0.738 bits per heavy atom. The lowest BCUT2D eigenvalue weighted by Crippen LogP contribution is -2.41. The van der Waals surface area contributed by atoms with Crippen LogP contribution in [0.25, 0.3) is 0 Å². The van der Waals surface area contributed by atoms with Gasteiger partial charge in [-0.1, -0.05) is 210 Å². The third-order valence-corrected chi connectivity index (χ3v) is 18.9. The van der Waals surface area contributed by atoms with Crippen molar-refractivity contribution in [2.45, 2.75) is 20.2 Å². The molecule has 0 nitrogen and oxygen atoms in total. The molecule has 0 N–H and O–H groups in total. The van der Waals surface area contributed by atoms with E-state index in [1.807, 2.05) is 24.3 Å². The highest BCUT2D eigenvalue weighted by atomic mass is 79.9. The maximum Gasteiger partial charge on any atom is 0.112 e. The van der Waals surface area contributed by atoms with E-state index in [0.29, 0.717) is 29.0 Å². The normalized spacial score (nSPS) is 27.0. The van der Waals surface area contributed by atoms with Crippen LogP contribution in [0.2, 0.25) is 0 Å². The molecule has 42 heavy (non-hydrogen) atoms. The van der Waals surface area contributed by atoms with Crippen molar-refractivity contribution < 1.29 is 0 Å². The summed E-state index contributed by atoms with van der Waals surface area (Å²) in [7, 11) is 2.42. The summed E-state index contributed by atoms with van der Waals surface area (Å²) in [5.41, 5.74) is 1.23. The number of allylic oxidation sites excluding steroid dienone is 6. The average Bonchev–Trinajstić information content (AvgIpc) is 2.91. The van der Waals surface area contributed by atoms with E-state index in [-0.39, 0.29) is 40.3 Å². The molecule has 18 heteroatoms. The molecule has 0 fully saturated rings. The van der Waals surface area contributed by atoms with Crippen molar-refractivity contribution in [2.75, 3.05) is 0 Å². The lowest BCUT2D eigenvalue weighted by Gasteiger charge is -2.46. The first-order valence-electron chi connectivity index (χ1n) is 10.6. The number of hydrogen-bond donors (Lipinski definition) is 0. The molecule has 2 aliphatic rings. The molecule has 0 bridgehead atoms. The quantitative estimate of drug-likeness (QED) is 0.216. The van der Waals surface area contributed by atoms with Crippen LogP contribution >= 0.6 is 233 Å². The summed E-state index contributed by atoms with van der Waals surface area (Å²) in [5.74, 6) is 0. The Bertz CT molecular complexity index is 1480. The molecule has 4 rings (SSSR count). The molecule has 2 aromatic rings. The Labute approximate surface area is 350 Å². The second-order valence-electron chi connectivity index (χ2n) is 8.43. The molecule has 0 aliphatic heterocycles. The Balaban J connectivity index is 2.08. The van der Waals surface area contributed by atoms with Gasteiger partial charge < -0.3 is 0 Å². The second-order valence-corrected chi connectivity index (χ2v) is 20.3. The van der Waals surface area contributed by atoms with Crippen LogP contribution in [0.5, 0.6) is 0 Å². The fourth-order valence-corrected chi connectivity index (χ4v) is 18.9. The zero-order valence-corrected chi connectivity index (χ0v) is 38.0. The second kappa shape index (κ2) is 15.0. The molecule has 0 saturated heterocycles. The monoisotopic (exact) mass is 1180 g/mol. The molecule has 2 aliphatic carbocycles. The predicted molar refractivity (Wildman–Crippen MR) is 212 cm³/mol. The Morgan fingerprint density at radius 3 is 1.00 bits per heavy atom. The van der Waals surface area contributed by atoms with Gasteiger partial charge >= 0.3 is 0 Å². The molecule has 0 heterocycles. The summed E-state index contributed by atoms with van der Waals surface area (Å²) in [6.07, 6.45) is 0. The Morgan fingerprint density at radius 1 is 0.476 bits per heavy atom. The molecular weight excluding hydrogens is 1190 g/mol. The van der Waals surface area contributed by atoms with Crippen LogP contribution in [0.4, 0.5) is 0 Å². The van der Waals surface area contributed by atoms with Gasteiger partial charge in [0.1, 0.15) is 9.49 Å². The fraction of sp³-hybridized carbons (Fsp3) is 0.167. The zero-order chi connectivity index (χ0) is 31.6. The molecule has 0 radical (unpaired) electrons. The van der Waals surface area contributed by atoms with Crippen LogP contribution in [0.3, 0.4) is 0 Å². The van der Waals surface area contributed by atoms with Crippen LogP contribution in [0.1, 0.15) is 11.1 Å². The van der Waals surface area contributed by atoms with E-state index >= 15 is 0 Å². The summed E-state index contributed by atoms with van der Waals surface area (Å²) in [5, 5.41) is -1.48. The molecule has 0 amide bonds. The van der Waals surface area contributed by atoms with E-state index in [1.54, 1.807) is 0 Å². The largest absolute Gasteiger partial charge is 0.114 e. The van der Waals surface area contributed by atoms with Crippen LogP contribution in [-0.4, -0.2) is 10.8 Å². The van der Waals surface area contributed by atoms with E-state index in [2.05, 4.69) is 95.6 Å². The lowest BCUT2D eigenvalue weighted by molar-refractivity contribution is 0.745. The molecule has 2 aromatic carbocycles. The summed E-state index contributed by atoms with van der Waals surface area (Å²) in [4.78, 5) is 0. The Hall–Kier alpha value is 3.88. The lowest BCUT2D eigenvalue weighted by atomic mass is 9.90. The highest BCUT2D eigenvalue weighted by Gasteiger charge is 2.58. The molecule has 0 spiro atoms. The predicted octanol–water partition coefficient (Wildman–Crippen LogP) is 16.7. The first-order chi connectivity index (χ1) is 19.4. The van der Waals surface area contributed by atoms with Gasteiger partial charge in [0.25, 0.3) is 0 Å². The number of hydrogen-bond acceptors (Lipinski definition) is 2. The number of halogens is 16. The van der Waals surface area contributed by atoms with Crippen LogP contribution in [-0.2, 0) is 9.49 Å². The number of rotatable bonds is 5. The first-order valence-corrected chi connectivity index (χ1v) is 21.4. The van der Waals surface area contributed by atoms with Gasteiger partial charge in [-0.05, 0) is 24.3 Å². The van der Waals surface area contributed by atoms with Gasteiger partial charge in [0, 0.05) is 38.0 Å². The molecule has 226 valence electrons. The van der Waals surface area contributed by atoms with Gasteiger partial charge in [-0.2, -0.15) is 0 Å².